The zero-order valence-corrected chi connectivity index (χ0v) is 6.43. The molecule has 0 bridgehead atoms. The van der Waals surface area contributed by atoms with Crippen molar-refractivity contribution in [2.45, 2.75) is 26.2 Å². The SMILES string of the molecule is CCCCCOC(=O)CN.[NaH]. The molecule has 0 aliphatic carbocycles. The Morgan fingerprint density at radius 1 is 1.45 bits per heavy atom. The van der Waals surface area contributed by atoms with Gasteiger partial charge in [0, 0.05) is 0 Å². The van der Waals surface area contributed by atoms with Crippen molar-refractivity contribution in [3.8, 4) is 0 Å². The number of carbonyl (C=O) groups excluding carboxylic acids is 1. The second-order valence-corrected chi connectivity index (χ2v) is 2.13. The first-order valence-electron chi connectivity index (χ1n) is 3.67. The molecule has 0 saturated heterocycles. The molecule has 2 N–H and O–H groups in total. The monoisotopic (exact) mass is 169 g/mol. The predicted molar refractivity (Wildman–Crippen MR) is 46.7 cm³/mol. The van der Waals surface area contributed by atoms with Gasteiger partial charge < -0.3 is 10.5 Å². The van der Waals surface area contributed by atoms with Crippen molar-refractivity contribution < 1.29 is 9.53 Å². The van der Waals surface area contributed by atoms with Crippen molar-refractivity contribution in [1.29, 1.82) is 0 Å². The van der Waals surface area contributed by atoms with E-state index >= 15 is 0 Å². The van der Waals surface area contributed by atoms with Gasteiger partial charge in [-0.05, 0) is 6.42 Å². The number of carbonyl (C=O) groups is 1. The molecule has 0 rings (SSSR count). The molecule has 0 fully saturated rings. The Kier molecular flexibility index (Phi) is 13.3. The molecule has 4 heteroatoms. The summed E-state index contributed by atoms with van der Waals surface area (Å²) in [6.45, 7) is 2.61. The van der Waals surface area contributed by atoms with Gasteiger partial charge in [0.1, 0.15) is 0 Å². The minimum atomic E-state index is -0.309. The van der Waals surface area contributed by atoms with Crippen LogP contribution < -0.4 is 5.73 Å². The van der Waals surface area contributed by atoms with Crippen LogP contribution in [0.4, 0.5) is 0 Å². The van der Waals surface area contributed by atoms with Gasteiger partial charge in [-0.1, -0.05) is 19.8 Å². The molecule has 0 saturated carbocycles. The minimum absolute atomic E-state index is 0. The van der Waals surface area contributed by atoms with Crippen LogP contribution in [0.25, 0.3) is 0 Å². The summed E-state index contributed by atoms with van der Waals surface area (Å²) in [5, 5.41) is 0. The molecular weight excluding hydrogens is 153 g/mol. The van der Waals surface area contributed by atoms with Gasteiger partial charge in [0.25, 0.3) is 0 Å². The molecule has 0 aliphatic rings. The molecule has 3 nitrogen and oxygen atoms in total. The average Bonchev–Trinajstić information content (AvgIpc) is 1.98. The van der Waals surface area contributed by atoms with Crippen molar-refractivity contribution in [3.05, 3.63) is 0 Å². The van der Waals surface area contributed by atoms with Gasteiger partial charge in [-0.25, -0.2) is 0 Å². The summed E-state index contributed by atoms with van der Waals surface area (Å²) in [5.41, 5.74) is 5.01. The third kappa shape index (κ3) is 10.4. The number of rotatable bonds is 5. The quantitative estimate of drug-likeness (QED) is 0.359. The van der Waals surface area contributed by atoms with Crippen LogP contribution in [0.3, 0.4) is 0 Å². The molecular formula is C7H16NNaO2. The molecule has 0 aromatic rings. The van der Waals surface area contributed by atoms with E-state index in [1.54, 1.807) is 0 Å². The van der Waals surface area contributed by atoms with Crippen molar-refractivity contribution in [2.24, 2.45) is 5.73 Å². The number of nitrogens with two attached hydrogens (primary N) is 1. The van der Waals surface area contributed by atoms with Gasteiger partial charge in [0.15, 0.2) is 0 Å². The summed E-state index contributed by atoms with van der Waals surface area (Å²) in [5.74, 6) is -0.309. The molecule has 0 aromatic heterocycles. The molecule has 0 unspecified atom stereocenters. The standard InChI is InChI=1S/C7H15NO2.Na.H/c1-2-3-4-5-10-7(9)6-8;;/h2-6,8H2,1H3;;. The van der Waals surface area contributed by atoms with Crippen molar-refractivity contribution in [2.75, 3.05) is 13.2 Å². The molecule has 0 aromatic carbocycles. The summed E-state index contributed by atoms with van der Waals surface area (Å²) in [6, 6.07) is 0. The van der Waals surface area contributed by atoms with E-state index in [0.717, 1.165) is 19.3 Å². The van der Waals surface area contributed by atoms with Crippen LogP contribution in [0.5, 0.6) is 0 Å². The van der Waals surface area contributed by atoms with Crippen LogP contribution in [-0.4, -0.2) is 48.7 Å². The first kappa shape index (κ1) is 14.0. The first-order chi connectivity index (χ1) is 4.81. The van der Waals surface area contributed by atoms with Crippen LogP contribution in [-0.2, 0) is 9.53 Å². The topological polar surface area (TPSA) is 52.3 Å². The van der Waals surface area contributed by atoms with Gasteiger partial charge in [0.2, 0.25) is 0 Å². The summed E-state index contributed by atoms with van der Waals surface area (Å²) < 4.78 is 4.73. The summed E-state index contributed by atoms with van der Waals surface area (Å²) in [4.78, 5) is 10.4. The van der Waals surface area contributed by atoms with Crippen LogP contribution in [0.1, 0.15) is 26.2 Å². The van der Waals surface area contributed by atoms with Gasteiger partial charge >= 0.3 is 35.5 Å². The summed E-state index contributed by atoms with van der Waals surface area (Å²) >= 11 is 0. The molecule has 0 aliphatic heterocycles. The number of hydrogen-bond donors (Lipinski definition) is 1. The molecule has 0 heterocycles. The Balaban J connectivity index is 0. The molecule has 0 spiro atoms. The number of ether oxygens (including phenoxy) is 1. The number of unbranched alkanes of at least 4 members (excludes halogenated alkanes) is 2. The van der Waals surface area contributed by atoms with Crippen LogP contribution in [0.2, 0.25) is 0 Å². The normalized spacial score (nSPS) is 8.55. The fraction of sp³-hybridized carbons (Fsp3) is 0.857. The second-order valence-electron chi connectivity index (χ2n) is 2.13. The molecule has 0 radical (unpaired) electrons. The summed E-state index contributed by atoms with van der Waals surface area (Å²) in [7, 11) is 0. The molecule has 0 amide bonds. The van der Waals surface area contributed by atoms with E-state index in [1.165, 1.54) is 0 Å². The first-order valence-corrected chi connectivity index (χ1v) is 3.67. The van der Waals surface area contributed by atoms with Crippen molar-refractivity contribution >= 4 is 35.5 Å². The Labute approximate surface area is 90.0 Å². The van der Waals surface area contributed by atoms with Gasteiger partial charge in [-0.15, -0.1) is 0 Å². The van der Waals surface area contributed by atoms with Gasteiger partial charge in [0.05, 0.1) is 13.2 Å². The summed E-state index contributed by atoms with van der Waals surface area (Å²) in [6.07, 6.45) is 3.19. The number of esters is 1. The fourth-order valence-corrected chi connectivity index (χ4v) is 0.597. The Morgan fingerprint density at radius 3 is 2.55 bits per heavy atom. The average molecular weight is 169 g/mol. The maximum atomic E-state index is 10.4. The maximum absolute atomic E-state index is 10.4. The van der Waals surface area contributed by atoms with E-state index in [0.29, 0.717) is 6.61 Å². The predicted octanol–water partition coefficient (Wildman–Crippen LogP) is 0.0300. The Bertz CT molecular complexity index is 98.4. The third-order valence-corrected chi connectivity index (χ3v) is 1.18. The van der Waals surface area contributed by atoms with E-state index in [1.807, 2.05) is 0 Å². The second kappa shape index (κ2) is 10.4. The molecule has 11 heavy (non-hydrogen) atoms. The van der Waals surface area contributed by atoms with E-state index in [4.69, 9.17) is 10.5 Å². The van der Waals surface area contributed by atoms with Crippen LogP contribution >= 0.6 is 0 Å². The van der Waals surface area contributed by atoms with Crippen molar-refractivity contribution in [3.63, 3.8) is 0 Å². The number of hydrogen-bond acceptors (Lipinski definition) is 3. The van der Waals surface area contributed by atoms with Crippen LogP contribution in [0.15, 0.2) is 0 Å². The van der Waals surface area contributed by atoms with Gasteiger partial charge in [-0.2, -0.15) is 0 Å². The Morgan fingerprint density at radius 2 is 2.09 bits per heavy atom. The van der Waals surface area contributed by atoms with E-state index in [-0.39, 0.29) is 42.1 Å². The zero-order valence-electron chi connectivity index (χ0n) is 6.43. The van der Waals surface area contributed by atoms with E-state index in [9.17, 15) is 4.79 Å². The molecule has 0 atom stereocenters. The fourth-order valence-electron chi connectivity index (χ4n) is 0.597. The van der Waals surface area contributed by atoms with E-state index < -0.39 is 0 Å². The zero-order chi connectivity index (χ0) is 7.82. The van der Waals surface area contributed by atoms with Crippen molar-refractivity contribution in [1.82, 2.24) is 0 Å². The van der Waals surface area contributed by atoms with Crippen LogP contribution in [0, 0.1) is 0 Å². The third-order valence-electron chi connectivity index (χ3n) is 1.18. The molecule has 62 valence electrons. The van der Waals surface area contributed by atoms with Gasteiger partial charge in [-0.3, -0.25) is 4.79 Å². The Hall–Kier alpha value is 0.430. The van der Waals surface area contributed by atoms with E-state index in [2.05, 4.69) is 6.92 Å².